The fraction of sp³-hybridized carbons (Fsp3) is 0.833. The first kappa shape index (κ1) is 17.7. The lowest BCUT2D eigenvalue weighted by atomic mass is 10.2. The van der Waals surface area contributed by atoms with Crippen LogP contribution in [0.3, 0.4) is 0 Å². The molecule has 1 unspecified atom stereocenters. The average Bonchev–Trinajstić information content (AvgIpc) is 2.30. The highest BCUT2D eigenvalue weighted by Crippen LogP contribution is 2.03. The number of carboxylic acid groups (broad SMARTS) is 1. The third-order valence-electron chi connectivity index (χ3n) is 2.72. The van der Waals surface area contributed by atoms with Gasteiger partial charge < -0.3 is 20.8 Å². The molecule has 112 valence electrons. The van der Waals surface area contributed by atoms with Crippen LogP contribution in [0.25, 0.3) is 0 Å². The van der Waals surface area contributed by atoms with Crippen molar-refractivity contribution in [1.82, 2.24) is 15.5 Å². The van der Waals surface area contributed by atoms with Gasteiger partial charge in [-0.05, 0) is 27.7 Å². The molecule has 0 aromatic heterocycles. The third-order valence-corrected chi connectivity index (χ3v) is 2.72. The number of amides is 2. The van der Waals surface area contributed by atoms with Gasteiger partial charge in [-0.25, -0.2) is 9.59 Å². The van der Waals surface area contributed by atoms with Crippen molar-refractivity contribution in [3.63, 3.8) is 0 Å². The van der Waals surface area contributed by atoms with Crippen LogP contribution in [0, 0.1) is 0 Å². The van der Waals surface area contributed by atoms with E-state index in [2.05, 4.69) is 43.2 Å². The molecule has 1 atom stereocenters. The zero-order valence-electron chi connectivity index (χ0n) is 12.0. The summed E-state index contributed by atoms with van der Waals surface area (Å²) in [5.74, 6) is -1.36. The lowest BCUT2D eigenvalue weighted by Gasteiger charge is -2.30. The summed E-state index contributed by atoms with van der Waals surface area (Å²) in [6, 6.07) is 0.296. The Balaban J connectivity index is 3.88. The molecule has 19 heavy (non-hydrogen) atoms. The molecular weight excluding hydrogens is 250 g/mol. The number of urea groups is 1. The number of rotatable bonds is 8. The molecule has 7 nitrogen and oxygen atoms in total. The summed E-state index contributed by atoms with van der Waals surface area (Å²) in [5.41, 5.74) is 0. The first-order valence-corrected chi connectivity index (χ1v) is 6.44. The van der Waals surface area contributed by atoms with Crippen molar-refractivity contribution >= 4 is 12.0 Å². The number of nitrogens with zero attached hydrogens (tertiary/aromatic N) is 1. The average molecular weight is 275 g/mol. The van der Waals surface area contributed by atoms with Crippen molar-refractivity contribution in [2.75, 3.05) is 19.6 Å². The van der Waals surface area contributed by atoms with Crippen LogP contribution in [0.5, 0.6) is 0 Å². The van der Waals surface area contributed by atoms with Gasteiger partial charge in [0.15, 0.2) is 6.10 Å². The molecular formula is C12H25N3O4. The SMILES string of the molecule is CC(C)N(CCNC(=O)NCC(O)C(=O)O)C(C)C. The Hall–Kier alpha value is -1.34. The Labute approximate surface area is 114 Å². The van der Waals surface area contributed by atoms with E-state index in [1.165, 1.54) is 0 Å². The Bertz CT molecular complexity index is 287. The summed E-state index contributed by atoms with van der Waals surface area (Å²) < 4.78 is 0. The van der Waals surface area contributed by atoms with E-state index in [0.717, 1.165) is 0 Å². The monoisotopic (exact) mass is 275 g/mol. The van der Waals surface area contributed by atoms with E-state index >= 15 is 0 Å². The molecule has 2 amide bonds. The van der Waals surface area contributed by atoms with Gasteiger partial charge in [-0.3, -0.25) is 4.90 Å². The number of carbonyl (C=O) groups excluding carboxylic acids is 1. The predicted octanol–water partition coefficient (Wildman–Crippen LogP) is -0.150. The zero-order valence-corrected chi connectivity index (χ0v) is 12.0. The predicted molar refractivity (Wildman–Crippen MR) is 72.0 cm³/mol. The molecule has 0 aromatic rings. The lowest BCUT2D eigenvalue weighted by Crippen LogP contribution is -2.46. The molecule has 7 heteroatoms. The van der Waals surface area contributed by atoms with Crippen molar-refractivity contribution < 1.29 is 19.8 Å². The third kappa shape index (κ3) is 7.63. The number of aliphatic hydroxyl groups excluding tert-OH is 1. The minimum absolute atomic E-state index is 0.306. The Morgan fingerprint density at radius 1 is 1.11 bits per heavy atom. The smallest absolute Gasteiger partial charge is 0.334 e. The number of hydrogen-bond donors (Lipinski definition) is 4. The molecule has 0 bridgehead atoms. The minimum Gasteiger partial charge on any atom is -0.479 e. The first-order valence-electron chi connectivity index (χ1n) is 6.44. The summed E-state index contributed by atoms with van der Waals surface area (Å²) in [4.78, 5) is 23.9. The molecule has 0 aliphatic heterocycles. The van der Waals surface area contributed by atoms with Crippen molar-refractivity contribution in [3.05, 3.63) is 0 Å². The maximum atomic E-state index is 11.3. The van der Waals surface area contributed by atoms with Crippen LogP contribution in [0.2, 0.25) is 0 Å². The molecule has 0 aliphatic carbocycles. The summed E-state index contributed by atoms with van der Waals surface area (Å²) in [6.07, 6.45) is -1.58. The van der Waals surface area contributed by atoms with Crippen LogP contribution >= 0.6 is 0 Å². The first-order chi connectivity index (χ1) is 8.75. The second-order valence-corrected chi connectivity index (χ2v) is 4.92. The highest BCUT2D eigenvalue weighted by atomic mass is 16.4. The summed E-state index contributed by atoms with van der Waals surface area (Å²) in [6.45, 7) is 9.22. The van der Waals surface area contributed by atoms with Crippen LogP contribution in [0.1, 0.15) is 27.7 Å². The largest absolute Gasteiger partial charge is 0.479 e. The van der Waals surface area contributed by atoms with Crippen LogP contribution in [0.15, 0.2) is 0 Å². The van der Waals surface area contributed by atoms with Gasteiger partial charge in [0, 0.05) is 25.2 Å². The lowest BCUT2D eigenvalue weighted by molar-refractivity contribution is -0.146. The van der Waals surface area contributed by atoms with Crippen molar-refractivity contribution in [1.29, 1.82) is 0 Å². The van der Waals surface area contributed by atoms with E-state index in [1.54, 1.807) is 0 Å². The fourth-order valence-corrected chi connectivity index (χ4v) is 1.75. The standard InChI is InChI=1S/C12H25N3O4/c1-8(2)15(9(3)4)6-5-13-12(19)14-7-10(16)11(17)18/h8-10,16H,5-7H2,1-4H3,(H,17,18)(H2,13,14,19). The minimum atomic E-state index is -1.58. The van der Waals surface area contributed by atoms with Crippen LogP contribution in [-0.2, 0) is 4.79 Å². The summed E-state index contributed by atoms with van der Waals surface area (Å²) >= 11 is 0. The molecule has 0 saturated heterocycles. The fourth-order valence-electron chi connectivity index (χ4n) is 1.75. The second-order valence-electron chi connectivity index (χ2n) is 4.92. The molecule has 0 aliphatic rings. The van der Waals surface area contributed by atoms with E-state index in [9.17, 15) is 9.59 Å². The number of hydrogen-bond acceptors (Lipinski definition) is 4. The number of aliphatic carboxylic acids is 1. The van der Waals surface area contributed by atoms with Gasteiger partial charge in [0.2, 0.25) is 0 Å². The van der Waals surface area contributed by atoms with Gasteiger partial charge in [-0.2, -0.15) is 0 Å². The molecule has 4 N–H and O–H groups in total. The number of carboxylic acids is 1. The van der Waals surface area contributed by atoms with E-state index < -0.39 is 18.1 Å². The Morgan fingerprint density at radius 3 is 2.05 bits per heavy atom. The molecule has 0 radical (unpaired) electrons. The normalized spacial score (nSPS) is 12.8. The highest BCUT2D eigenvalue weighted by Gasteiger charge is 2.15. The summed E-state index contributed by atoms with van der Waals surface area (Å²) in [5, 5.41) is 22.3. The molecule has 0 fully saturated rings. The number of aliphatic hydroxyl groups is 1. The number of carbonyl (C=O) groups is 2. The molecule has 0 spiro atoms. The quantitative estimate of drug-likeness (QED) is 0.493. The van der Waals surface area contributed by atoms with Crippen LogP contribution in [0.4, 0.5) is 4.79 Å². The zero-order chi connectivity index (χ0) is 15.0. The van der Waals surface area contributed by atoms with Gasteiger partial charge in [0.05, 0.1) is 6.54 Å². The van der Waals surface area contributed by atoms with E-state index in [-0.39, 0.29) is 6.54 Å². The van der Waals surface area contributed by atoms with E-state index in [4.69, 9.17) is 10.2 Å². The van der Waals surface area contributed by atoms with Gasteiger partial charge in [-0.15, -0.1) is 0 Å². The topological polar surface area (TPSA) is 102 Å². The highest BCUT2D eigenvalue weighted by molar-refractivity contribution is 5.76. The molecule has 0 heterocycles. The van der Waals surface area contributed by atoms with Crippen LogP contribution < -0.4 is 10.6 Å². The van der Waals surface area contributed by atoms with Gasteiger partial charge >= 0.3 is 12.0 Å². The summed E-state index contributed by atoms with van der Waals surface area (Å²) in [7, 11) is 0. The second kappa shape index (κ2) is 8.71. The van der Waals surface area contributed by atoms with E-state index in [1.807, 2.05) is 0 Å². The molecule has 0 rings (SSSR count). The van der Waals surface area contributed by atoms with Crippen molar-refractivity contribution in [2.24, 2.45) is 0 Å². The maximum absolute atomic E-state index is 11.3. The van der Waals surface area contributed by atoms with Gasteiger partial charge in [-0.1, -0.05) is 0 Å². The maximum Gasteiger partial charge on any atom is 0.334 e. The number of nitrogens with one attached hydrogen (secondary N) is 2. The van der Waals surface area contributed by atoms with Crippen molar-refractivity contribution in [3.8, 4) is 0 Å². The van der Waals surface area contributed by atoms with Crippen LogP contribution in [-0.4, -0.2) is 64.9 Å². The Kier molecular flexibility index (Phi) is 8.09. The van der Waals surface area contributed by atoms with Crippen molar-refractivity contribution in [2.45, 2.75) is 45.9 Å². The molecule has 0 aromatic carbocycles. The molecule has 0 saturated carbocycles. The van der Waals surface area contributed by atoms with E-state index in [0.29, 0.717) is 25.2 Å². The Morgan fingerprint density at radius 2 is 1.63 bits per heavy atom. The van der Waals surface area contributed by atoms with Gasteiger partial charge in [0.25, 0.3) is 0 Å². The van der Waals surface area contributed by atoms with Gasteiger partial charge in [0.1, 0.15) is 0 Å².